The summed E-state index contributed by atoms with van der Waals surface area (Å²) in [7, 11) is 2.01. The van der Waals surface area contributed by atoms with Crippen molar-refractivity contribution in [3.63, 3.8) is 0 Å². The molecule has 82 valence electrons. The predicted octanol–water partition coefficient (Wildman–Crippen LogP) is 2.86. The van der Waals surface area contributed by atoms with E-state index < -0.39 is 0 Å². The van der Waals surface area contributed by atoms with Crippen molar-refractivity contribution < 1.29 is 0 Å². The molecule has 0 spiro atoms. The van der Waals surface area contributed by atoms with E-state index in [1.807, 2.05) is 32.3 Å². The summed E-state index contributed by atoms with van der Waals surface area (Å²) in [6, 6.07) is 8.00. The molecule has 0 aliphatic carbocycles. The minimum absolute atomic E-state index is 0.971. The third-order valence-corrected chi connectivity index (χ3v) is 2.64. The Kier molecular flexibility index (Phi) is 2.86. The number of nitrogens with zero attached hydrogens (tertiary/aromatic N) is 3. The van der Waals surface area contributed by atoms with Crippen LogP contribution in [0.5, 0.6) is 0 Å². The predicted molar refractivity (Wildman–Crippen MR) is 66.0 cm³/mol. The number of aryl methyl sites for hydroxylation is 2. The van der Waals surface area contributed by atoms with Crippen LogP contribution in [0, 0.1) is 13.8 Å². The van der Waals surface area contributed by atoms with Gasteiger partial charge in [-0.25, -0.2) is 4.98 Å². The van der Waals surface area contributed by atoms with Gasteiger partial charge in [0.1, 0.15) is 5.82 Å². The second-order valence-electron chi connectivity index (χ2n) is 3.81. The molecule has 2 aromatic heterocycles. The van der Waals surface area contributed by atoms with Gasteiger partial charge in [0.15, 0.2) is 0 Å². The monoisotopic (exact) mass is 213 g/mol. The van der Waals surface area contributed by atoms with E-state index in [0.29, 0.717) is 0 Å². The van der Waals surface area contributed by atoms with E-state index >= 15 is 0 Å². The summed E-state index contributed by atoms with van der Waals surface area (Å²) in [6.45, 7) is 4.06. The SMILES string of the molecule is Cc1cccnc1N(C)c1cccnc1C. The van der Waals surface area contributed by atoms with Gasteiger partial charge in [-0.3, -0.25) is 4.98 Å². The number of pyridine rings is 2. The van der Waals surface area contributed by atoms with Crippen LogP contribution in [0.2, 0.25) is 0 Å². The molecule has 0 amide bonds. The average Bonchev–Trinajstić information content (AvgIpc) is 2.29. The zero-order valence-electron chi connectivity index (χ0n) is 9.81. The van der Waals surface area contributed by atoms with Gasteiger partial charge < -0.3 is 4.90 Å². The third kappa shape index (κ3) is 1.89. The molecule has 2 rings (SSSR count). The molecular weight excluding hydrogens is 198 g/mol. The summed E-state index contributed by atoms with van der Waals surface area (Å²) in [4.78, 5) is 10.7. The summed E-state index contributed by atoms with van der Waals surface area (Å²) >= 11 is 0. The molecule has 3 heteroatoms. The Morgan fingerprint density at radius 1 is 1.00 bits per heavy atom. The zero-order valence-corrected chi connectivity index (χ0v) is 9.81. The maximum Gasteiger partial charge on any atom is 0.135 e. The summed E-state index contributed by atoms with van der Waals surface area (Å²) in [6.07, 6.45) is 3.61. The van der Waals surface area contributed by atoms with Crippen LogP contribution in [0.3, 0.4) is 0 Å². The van der Waals surface area contributed by atoms with Crippen molar-refractivity contribution in [1.29, 1.82) is 0 Å². The first-order chi connectivity index (χ1) is 7.70. The van der Waals surface area contributed by atoms with Crippen molar-refractivity contribution >= 4 is 11.5 Å². The molecule has 2 aromatic rings. The Hall–Kier alpha value is -1.90. The van der Waals surface area contributed by atoms with Gasteiger partial charge >= 0.3 is 0 Å². The first-order valence-corrected chi connectivity index (χ1v) is 5.27. The summed E-state index contributed by atoms with van der Waals surface area (Å²) in [5.41, 5.74) is 3.26. The number of rotatable bonds is 2. The van der Waals surface area contributed by atoms with Crippen LogP contribution >= 0.6 is 0 Å². The fourth-order valence-corrected chi connectivity index (χ4v) is 1.77. The van der Waals surface area contributed by atoms with E-state index in [2.05, 4.69) is 33.9 Å². The highest BCUT2D eigenvalue weighted by molar-refractivity contribution is 5.63. The van der Waals surface area contributed by atoms with Gasteiger partial charge in [0.2, 0.25) is 0 Å². The fraction of sp³-hybridized carbons (Fsp3) is 0.231. The van der Waals surface area contributed by atoms with Crippen molar-refractivity contribution in [1.82, 2.24) is 9.97 Å². The highest BCUT2D eigenvalue weighted by atomic mass is 15.2. The summed E-state index contributed by atoms with van der Waals surface area (Å²) in [5, 5.41) is 0. The molecule has 3 nitrogen and oxygen atoms in total. The van der Waals surface area contributed by atoms with Crippen LogP contribution in [0.25, 0.3) is 0 Å². The highest BCUT2D eigenvalue weighted by Crippen LogP contribution is 2.25. The summed E-state index contributed by atoms with van der Waals surface area (Å²) < 4.78 is 0. The van der Waals surface area contributed by atoms with Crippen molar-refractivity contribution in [2.45, 2.75) is 13.8 Å². The zero-order chi connectivity index (χ0) is 11.5. The molecule has 2 heterocycles. The first kappa shape index (κ1) is 10.6. The van der Waals surface area contributed by atoms with Gasteiger partial charge in [-0.2, -0.15) is 0 Å². The van der Waals surface area contributed by atoms with Crippen LogP contribution in [0.4, 0.5) is 11.5 Å². The van der Waals surface area contributed by atoms with Crippen LogP contribution in [-0.2, 0) is 0 Å². The Balaban J connectivity index is 2.44. The topological polar surface area (TPSA) is 29.0 Å². The maximum absolute atomic E-state index is 4.39. The molecule has 0 saturated heterocycles. The standard InChI is InChI=1S/C13H15N3/c1-10-6-4-9-15-13(10)16(3)12-7-5-8-14-11(12)2/h4-9H,1-3H3. The van der Waals surface area contributed by atoms with Crippen LogP contribution < -0.4 is 4.90 Å². The maximum atomic E-state index is 4.39. The molecule has 0 fully saturated rings. The quantitative estimate of drug-likeness (QED) is 0.768. The van der Waals surface area contributed by atoms with Gasteiger partial charge in [0, 0.05) is 19.4 Å². The van der Waals surface area contributed by atoms with Crippen LogP contribution in [-0.4, -0.2) is 17.0 Å². The molecule has 16 heavy (non-hydrogen) atoms. The third-order valence-electron chi connectivity index (χ3n) is 2.64. The Morgan fingerprint density at radius 3 is 2.38 bits per heavy atom. The van der Waals surface area contributed by atoms with E-state index in [4.69, 9.17) is 0 Å². The number of aromatic nitrogens is 2. The lowest BCUT2D eigenvalue weighted by Gasteiger charge is -2.21. The first-order valence-electron chi connectivity index (χ1n) is 5.27. The van der Waals surface area contributed by atoms with Crippen molar-refractivity contribution in [2.75, 3.05) is 11.9 Å². The molecule has 0 aliphatic rings. The minimum atomic E-state index is 0.971. The highest BCUT2D eigenvalue weighted by Gasteiger charge is 2.09. The molecule has 0 aliphatic heterocycles. The van der Waals surface area contributed by atoms with Gasteiger partial charge in [-0.1, -0.05) is 6.07 Å². The van der Waals surface area contributed by atoms with Crippen molar-refractivity contribution in [2.24, 2.45) is 0 Å². The second-order valence-corrected chi connectivity index (χ2v) is 3.81. The molecule has 0 saturated carbocycles. The van der Waals surface area contributed by atoms with Gasteiger partial charge in [-0.05, 0) is 37.6 Å². The van der Waals surface area contributed by atoms with Crippen LogP contribution in [0.1, 0.15) is 11.3 Å². The van der Waals surface area contributed by atoms with Crippen molar-refractivity contribution in [3.05, 3.63) is 47.9 Å². The molecule has 0 aromatic carbocycles. The van der Waals surface area contributed by atoms with E-state index in [9.17, 15) is 0 Å². The lowest BCUT2D eigenvalue weighted by Crippen LogP contribution is -2.14. The number of anilines is 2. The Bertz CT molecular complexity index is 449. The Morgan fingerprint density at radius 2 is 1.69 bits per heavy atom. The van der Waals surface area contributed by atoms with E-state index in [0.717, 1.165) is 22.8 Å². The van der Waals surface area contributed by atoms with E-state index in [-0.39, 0.29) is 0 Å². The summed E-state index contributed by atoms with van der Waals surface area (Å²) in [5.74, 6) is 0.971. The normalized spacial score (nSPS) is 10.2. The smallest absolute Gasteiger partial charge is 0.135 e. The molecule has 0 N–H and O–H groups in total. The largest absolute Gasteiger partial charge is 0.328 e. The second kappa shape index (κ2) is 4.31. The van der Waals surface area contributed by atoms with Gasteiger partial charge in [0.25, 0.3) is 0 Å². The van der Waals surface area contributed by atoms with Crippen molar-refractivity contribution in [3.8, 4) is 0 Å². The van der Waals surface area contributed by atoms with E-state index in [1.165, 1.54) is 0 Å². The lowest BCUT2D eigenvalue weighted by molar-refractivity contribution is 1.06. The molecular formula is C13H15N3. The average molecular weight is 213 g/mol. The number of hydrogen-bond acceptors (Lipinski definition) is 3. The molecule has 0 radical (unpaired) electrons. The van der Waals surface area contributed by atoms with Crippen LogP contribution in [0.15, 0.2) is 36.7 Å². The molecule has 0 atom stereocenters. The van der Waals surface area contributed by atoms with E-state index in [1.54, 1.807) is 6.20 Å². The number of hydrogen-bond donors (Lipinski definition) is 0. The molecule has 0 bridgehead atoms. The molecule has 0 unspecified atom stereocenters. The fourth-order valence-electron chi connectivity index (χ4n) is 1.77. The Labute approximate surface area is 95.8 Å². The van der Waals surface area contributed by atoms with Gasteiger partial charge in [0.05, 0.1) is 11.4 Å². The lowest BCUT2D eigenvalue weighted by atomic mass is 10.2. The van der Waals surface area contributed by atoms with Gasteiger partial charge in [-0.15, -0.1) is 0 Å². The minimum Gasteiger partial charge on any atom is -0.328 e.